The first-order valence-electron chi connectivity index (χ1n) is 11.7. The van der Waals surface area contributed by atoms with E-state index in [1.54, 1.807) is 0 Å². The van der Waals surface area contributed by atoms with Crippen LogP contribution in [0.3, 0.4) is 0 Å². The Kier molecular flexibility index (Phi) is 4.15. The number of fused-ring (bicyclic) bond motifs is 3. The quantitative estimate of drug-likeness (QED) is 0.261. The summed E-state index contributed by atoms with van der Waals surface area (Å²) in [7, 11) is 2.16. The Hall–Kier alpha value is -2.87. The molecule has 2 aliphatic rings. The first-order valence-corrected chi connectivity index (χ1v) is 11.7. The Bertz CT molecular complexity index is 1380. The van der Waals surface area contributed by atoms with Crippen LogP contribution in [0.15, 0.2) is 42.6 Å². The number of hydrogen-bond donors (Lipinski definition) is 0. The lowest BCUT2D eigenvalue weighted by Crippen LogP contribution is -2.32. The van der Waals surface area contributed by atoms with E-state index in [9.17, 15) is 0 Å². The number of ether oxygens (including phenoxy) is 1. The zero-order chi connectivity index (χ0) is 21.3. The highest BCUT2D eigenvalue weighted by molar-refractivity contribution is 6.06. The molecule has 0 saturated heterocycles. The highest BCUT2D eigenvalue weighted by atomic mass is 16.5. The molecule has 1 saturated carbocycles. The van der Waals surface area contributed by atoms with Gasteiger partial charge in [0.2, 0.25) is 5.69 Å². The lowest BCUT2D eigenvalue weighted by atomic mass is 9.82. The van der Waals surface area contributed by atoms with Gasteiger partial charge < -0.3 is 4.74 Å². The minimum atomic E-state index is 0.666. The molecule has 2 heterocycles. The second-order valence-corrected chi connectivity index (χ2v) is 9.70. The lowest BCUT2D eigenvalue weighted by Gasteiger charge is -2.27. The van der Waals surface area contributed by atoms with Gasteiger partial charge in [0.1, 0.15) is 18.5 Å². The predicted octanol–water partition coefficient (Wildman–Crippen LogP) is 7.56. The molecule has 0 bridgehead atoms. The van der Waals surface area contributed by atoms with Crippen LogP contribution in [0.4, 0.5) is 0 Å². The average molecular weight is 409 g/mol. The zero-order valence-corrected chi connectivity index (χ0v) is 19.0. The van der Waals surface area contributed by atoms with Gasteiger partial charge in [-0.3, -0.25) is 0 Å². The number of aromatic nitrogens is 1. The second-order valence-electron chi connectivity index (χ2n) is 9.70. The van der Waals surface area contributed by atoms with Crippen LogP contribution >= 0.6 is 0 Å². The normalized spacial score (nSPS) is 15.9. The van der Waals surface area contributed by atoms with Crippen LogP contribution in [0.1, 0.15) is 60.3 Å². The summed E-state index contributed by atoms with van der Waals surface area (Å²) in [6, 6.07) is 13.8. The standard InChI is InChI=1S/C29H30NO/c1-17-10-11-23-18(2)26-28-27-21(12-13-30(28)4)15-22(20-8-6-5-7-9-20)16-25(27)31-29(26)19(3)24(23)14-17/h10-16,20H,5-9H2,1-4H3/q+1. The maximum atomic E-state index is 6.78. The van der Waals surface area contributed by atoms with Crippen molar-refractivity contribution < 1.29 is 9.30 Å². The Morgan fingerprint density at radius 1 is 0.871 bits per heavy atom. The van der Waals surface area contributed by atoms with Crippen LogP contribution in [0.25, 0.3) is 32.8 Å². The van der Waals surface area contributed by atoms with Crippen LogP contribution in [-0.4, -0.2) is 0 Å². The number of rotatable bonds is 1. The largest absolute Gasteiger partial charge is 0.455 e. The third kappa shape index (κ3) is 2.74. The topological polar surface area (TPSA) is 13.1 Å². The molecule has 0 unspecified atom stereocenters. The van der Waals surface area contributed by atoms with Crippen molar-refractivity contribution in [2.24, 2.45) is 7.05 Å². The van der Waals surface area contributed by atoms with E-state index < -0.39 is 0 Å². The summed E-state index contributed by atoms with van der Waals surface area (Å²) in [5.41, 5.74) is 7.83. The van der Waals surface area contributed by atoms with Crippen molar-refractivity contribution in [1.29, 1.82) is 0 Å². The molecule has 0 N–H and O–H groups in total. The highest BCUT2D eigenvalue weighted by Gasteiger charge is 2.32. The fraction of sp³-hybridized carbons (Fsp3) is 0.345. The van der Waals surface area contributed by atoms with E-state index in [-0.39, 0.29) is 0 Å². The van der Waals surface area contributed by atoms with Crippen molar-refractivity contribution in [3.05, 3.63) is 64.8 Å². The Morgan fingerprint density at radius 3 is 2.48 bits per heavy atom. The molecule has 0 atom stereocenters. The van der Waals surface area contributed by atoms with E-state index in [2.05, 4.69) is 75.0 Å². The summed E-state index contributed by atoms with van der Waals surface area (Å²) in [5, 5.41) is 5.19. The molecule has 31 heavy (non-hydrogen) atoms. The van der Waals surface area contributed by atoms with E-state index >= 15 is 0 Å². The predicted molar refractivity (Wildman–Crippen MR) is 128 cm³/mol. The molecule has 1 fully saturated rings. The summed E-state index contributed by atoms with van der Waals surface area (Å²) >= 11 is 0. The van der Waals surface area contributed by atoms with E-state index in [0.717, 1.165) is 11.5 Å². The third-order valence-corrected chi connectivity index (χ3v) is 7.67. The molecule has 6 rings (SSSR count). The molecule has 0 amide bonds. The first kappa shape index (κ1) is 18.9. The Morgan fingerprint density at radius 2 is 1.68 bits per heavy atom. The Balaban J connectivity index is 1.68. The minimum Gasteiger partial charge on any atom is -0.455 e. The van der Waals surface area contributed by atoms with Crippen molar-refractivity contribution in [1.82, 2.24) is 0 Å². The summed E-state index contributed by atoms with van der Waals surface area (Å²) in [5.74, 6) is 2.73. The van der Waals surface area contributed by atoms with Gasteiger partial charge in [0.05, 0.1) is 10.9 Å². The zero-order valence-electron chi connectivity index (χ0n) is 19.0. The molecular formula is C29H30NO+. The summed E-state index contributed by atoms with van der Waals surface area (Å²) in [6.07, 6.45) is 8.90. The molecule has 0 radical (unpaired) electrons. The van der Waals surface area contributed by atoms with Crippen molar-refractivity contribution in [3.8, 4) is 22.8 Å². The molecule has 1 aromatic heterocycles. The number of hydrogen-bond acceptors (Lipinski definition) is 1. The fourth-order valence-corrected chi connectivity index (χ4v) is 5.97. The SMILES string of the molecule is Cc1ccc2c(C)c3c(c(C)c2c1)Oc1cc(C2CCCCC2)cc2cc[n+](C)c-3c12. The molecule has 4 aromatic rings. The molecule has 1 aliphatic carbocycles. The van der Waals surface area contributed by atoms with Gasteiger partial charge in [0, 0.05) is 11.6 Å². The van der Waals surface area contributed by atoms with Crippen LogP contribution in [0.2, 0.25) is 0 Å². The van der Waals surface area contributed by atoms with Gasteiger partial charge >= 0.3 is 0 Å². The number of pyridine rings is 1. The monoisotopic (exact) mass is 408 g/mol. The minimum absolute atomic E-state index is 0.666. The molecule has 3 aromatic carbocycles. The van der Waals surface area contributed by atoms with Crippen LogP contribution in [-0.2, 0) is 7.05 Å². The van der Waals surface area contributed by atoms with Crippen molar-refractivity contribution in [2.45, 2.75) is 58.8 Å². The first-order chi connectivity index (χ1) is 15.0. The van der Waals surface area contributed by atoms with Gasteiger partial charge in [0.15, 0.2) is 6.20 Å². The summed E-state index contributed by atoms with van der Waals surface area (Å²) in [6.45, 7) is 6.64. The van der Waals surface area contributed by atoms with E-state index in [4.69, 9.17) is 4.74 Å². The molecule has 2 nitrogen and oxygen atoms in total. The Labute approximate surface area is 184 Å². The summed E-state index contributed by atoms with van der Waals surface area (Å²) < 4.78 is 9.06. The maximum absolute atomic E-state index is 6.78. The number of aryl methyl sites for hydroxylation is 4. The van der Waals surface area contributed by atoms with E-state index in [0.29, 0.717) is 5.92 Å². The second kappa shape index (κ2) is 6.82. The molecule has 2 heteroatoms. The van der Waals surface area contributed by atoms with Crippen molar-refractivity contribution in [2.75, 3.05) is 0 Å². The van der Waals surface area contributed by atoms with Crippen LogP contribution in [0.5, 0.6) is 11.5 Å². The van der Waals surface area contributed by atoms with Gasteiger partial charge in [-0.1, -0.05) is 49.1 Å². The van der Waals surface area contributed by atoms with Crippen LogP contribution in [0, 0.1) is 20.8 Å². The number of benzene rings is 3. The van der Waals surface area contributed by atoms with E-state index in [1.165, 1.54) is 87.2 Å². The van der Waals surface area contributed by atoms with Gasteiger partial charge in [0.25, 0.3) is 0 Å². The molecule has 156 valence electrons. The van der Waals surface area contributed by atoms with Crippen molar-refractivity contribution >= 4 is 21.5 Å². The van der Waals surface area contributed by atoms with Crippen LogP contribution < -0.4 is 9.30 Å². The molecular weight excluding hydrogens is 378 g/mol. The molecule has 1 aliphatic heterocycles. The maximum Gasteiger partial charge on any atom is 0.228 e. The highest BCUT2D eigenvalue weighted by Crippen LogP contribution is 2.51. The third-order valence-electron chi connectivity index (χ3n) is 7.67. The van der Waals surface area contributed by atoms with E-state index in [1.807, 2.05) is 0 Å². The molecule has 0 spiro atoms. The number of nitrogens with zero attached hydrogens (tertiary/aromatic N) is 1. The average Bonchev–Trinajstić information content (AvgIpc) is 2.79. The lowest BCUT2D eigenvalue weighted by molar-refractivity contribution is -0.659. The summed E-state index contributed by atoms with van der Waals surface area (Å²) in [4.78, 5) is 0. The van der Waals surface area contributed by atoms with Gasteiger partial charge in [-0.15, -0.1) is 0 Å². The van der Waals surface area contributed by atoms with Gasteiger partial charge in [-0.25, -0.2) is 4.57 Å². The smallest absolute Gasteiger partial charge is 0.228 e. The van der Waals surface area contributed by atoms with Gasteiger partial charge in [-0.2, -0.15) is 0 Å². The van der Waals surface area contributed by atoms with Gasteiger partial charge in [-0.05, 0) is 72.9 Å². The fourth-order valence-electron chi connectivity index (χ4n) is 5.97. The van der Waals surface area contributed by atoms with Crippen molar-refractivity contribution in [3.63, 3.8) is 0 Å².